The summed E-state index contributed by atoms with van der Waals surface area (Å²) in [6, 6.07) is 18.7. The summed E-state index contributed by atoms with van der Waals surface area (Å²) >= 11 is 0. The first kappa shape index (κ1) is 19.4. The number of amides is 1. The van der Waals surface area contributed by atoms with Crippen molar-refractivity contribution in [2.45, 2.75) is 32.0 Å². The van der Waals surface area contributed by atoms with Crippen LogP contribution in [0.1, 0.15) is 24.5 Å². The third-order valence-corrected chi connectivity index (χ3v) is 3.99. The molecule has 2 aromatic rings. The second kappa shape index (κ2) is 8.97. The van der Waals surface area contributed by atoms with Crippen molar-refractivity contribution >= 4 is 11.9 Å². The van der Waals surface area contributed by atoms with Crippen molar-refractivity contribution < 1.29 is 14.3 Å². The predicted octanol–water partition coefficient (Wildman–Crippen LogP) is 2.71. The highest BCUT2D eigenvalue weighted by molar-refractivity contribution is 6.07. The SMILES string of the molecule is C=C(C)C[C@@](NCc1ccccc1)(C(N)=O)C(=O)OCc1ccccc1. The molecular weight excluding hydrogens is 328 g/mol. The van der Waals surface area contributed by atoms with Gasteiger partial charge in [0, 0.05) is 13.0 Å². The van der Waals surface area contributed by atoms with Crippen LogP contribution in [0.15, 0.2) is 72.8 Å². The third kappa shape index (κ3) is 5.04. The molecule has 1 atom stereocenters. The van der Waals surface area contributed by atoms with Crippen LogP contribution in [0, 0.1) is 0 Å². The van der Waals surface area contributed by atoms with Gasteiger partial charge in [0.15, 0.2) is 5.54 Å². The second-order valence-electron chi connectivity index (χ2n) is 6.30. The molecule has 0 heterocycles. The summed E-state index contributed by atoms with van der Waals surface area (Å²) in [5.74, 6) is -1.48. The van der Waals surface area contributed by atoms with Gasteiger partial charge < -0.3 is 10.5 Å². The Kier molecular flexibility index (Phi) is 6.69. The van der Waals surface area contributed by atoms with E-state index < -0.39 is 17.4 Å². The number of esters is 1. The molecule has 0 spiro atoms. The zero-order chi connectivity index (χ0) is 19.0. The molecule has 5 nitrogen and oxygen atoms in total. The first-order valence-corrected chi connectivity index (χ1v) is 8.38. The van der Waals surface area contributed by atoms with E-state index in [1.165, 1.54) is 0 Å². The maximum absolute atomic E-state index is 12.8. The summed E-state index contributed by atoms with van der Waals surface area (Å²) < 4.78 is 5.40. The summed E-state index contributed by atoms with van der Waals surface area (Å²) in [4.78, 5) is 25.1. The van der Waals surface area contributed by atoms with Crippen LogP contribution in [-0.4, -0.2) is 17.4 Å². The molecule has 3 N–H and O–H groups in total. The van der Waals surface area contributed by atoms with Crippen molar-refractivity contribution in [2.75, 3.05) is 0 Å². The molecule has 136 valence electrons. The summed E-state index contributed by atoms with van der Waals surface area (Å²) in [5.41, 5.74) is 6.37. The van der Waals surface area contributed by atoms with E-state index in [4.69, 9.17) is 10.5 Å². The molecule has 0 saturated heterocycles. The predicted molar refractivity (Wildman–Crippen MR) is 101 cm³/mol. The summed E-state index contributed by atoms with van der Waals surface area (Å²) in [6.07, 6.45) is 0.0722. The van der Waals surface area contributed by atoms with Crippen LogP contribution in [0.5, 0.6) is 0 Å². The van der Waals surface area contributed by atoms with Gasteiger partial charge in [-0.05, 0) is 18.1 Å². The van der Waals surface area contributed by atoms with Crippen molar-refractivity contribution in [1.82, 2.24) is 5.32 Å². The Bertz CT molecular complexity index is 759. The zero-order valence-corrected chi connectivity index (χ0v) is 14.9. The number of benzene rings is 2. The van der Waals surface area contributed by atoms with Crippen molar-refractivity contribution in [2.24, 2.45) is 5.73 Å². The number of primary amides is 1. The van der Waals surface area contributed by atoms with Gasteiger partial charge in [-0.3, -0.25) is 10.1 Å². The highest BCUT2D eigenvalue weighted by Crippen LogP contribution is 2.20. The van der Waals surface area contributed by atoms with Gasteiger partial charge in [0.05, 0.1) is 0 Å². The first-order valence-electron chi connectivity index (χ1n) is 8.38. The van der Waals surface area contributed by atoms with Gasteiger partial charge in [0.25, 0.3) is 0 Å². The van der Waals surface area contributed by atoms with Crippen LogP contribution in [0.25, 0.3) is 0 Å². The summed E-state index contributed by atoms with van der Waals surface area (Å²) in [5, 5.41) is 3.01. The number of hydrogen-bond donors (Lipinski definition) is 2. The average Bonchev–Trinajstić information content (AvgIpc) is 2.64. The largest absolute Gasteiger partial charge is 0.459 e. The van der Waals surface area contributed by atoms with Crippen molar-refractivity contribution in [3.8, 4) is 0 Å². The lowest BCUT2D eigenvalue weighted by molar-refractivity contribution is -0.157. The second-order valence-corrected chi connectivity index (χ2v) is 6.30. The maximum Gasteiger partial charge on any atom is 0.336 e. The number of carbonyl (C=O) groups is 2. The monoisotopic (exact) mass is 352 g/mol. The van der Waals surface area contributed by atoms with E-state index in [1.54, 1.807) is 6.92 Å². The van der Waals surface area contributed by atoms with Crippen LogP contribution < -0.4 is 11.1 Å². The minimum atomic E-state index is -1.66. The molecular formula is C21H24N2O3. The van der Waals surface area contributed by atoms with Crippen LogP contribution in [0.3, 0.4) is 0 Å². The number of hydrogen-bond acceptors (Lipinski definition) is 4. The van der Waals surface area contributed by atoms with E-state index in [0.29, 0.717) is 12.1 Å². The fourth-order valence-corrected chi connectivity index (χ4v) is 2.63. The number of nitrogens with two attached hydrogens (primary N) is 1. The molecule has 2 rings (SSSR count). The molecule has 0 aliphatic carbocycles. The minimum absolute atomic E-state index is 0.0674. The van der Waals surface area contributed by atoms with Gasteiger partial charge in [-0.1, -0.05) is 66.2 Å². The van der Waals surface area contributed by atoms with Crippen molar-refractivity contribution in [1.29, 1.82) is 0 Å². The molecule has 0 bridgehead atoms. The Hall–Kier alpha value is -2.92. The molecule has 0 aliphatic heterocycles. The van der Waals surface area contributed by atoms with E-state index in [-0.39, 0.29) is 13.0 Å². The number of ether oxygens (including phenoxy) is 1. The van der Waals surface area contributed by atoms with E-state index in [2.05, 4.69) is 11.9 Å². The Morgan fingerprint density at radius 2 is 1.58 bits per heavy atom. The van der Waals surface area contributed by atoms with Gasteiger partial charge in [0.2, 0.25) is 5.91 Å². The lowest BCUT2D eigenvalue weighted by atomic mass is 9.90. The van der Waals surface area contributed by atoms with E-state index in [0.717, 1.165) is 11.1 Å². The van der Waals surface area contributed by atoms with Crippen LogP contribution in [0.2, 0.25) is 0 Å². The molecule has 1 amide bonds. The molecule has 0 aliphatic rings. The fourth-order valence-electron chi connectivity index (χ4n) is 2.63. The van der Waals surface area contributed by atoms with E-state index in [1.807, 2.05) is 60.7 Å². The standard InChI is InChI=1S/C21H24N2O3/c1-16(2)13-21(19(22)24,23-14-17-9-5-3-6-10-17)20(25)26-15-18-11-7-4-8-12-18/h3-12,23H,1,13-15H2,2H3,(H2,22,24)/t21-/m1/s1. The van der Waals surface area contributed by atoms with Crippen LogP contribution in [-0.2, 0) is 27.5 Å². The van der Waals surface area contributed by atoms with Gasteiger partial charge in [0.1, 0.15) is 6.61 Å². The Morgan fingerprint density at radius 1 is 1.04 bits per heavy atom. The molecule has 0 fully saturated rings. The van der Waals surface area contributed by atoms with E-state index in [9.17, 15) is 9.59 Å². The Balaban J connectivity index is 2.18. The Morgan fingerprint density at radius 3 is 2.08 bits per heavy atom. The normalized spacial score (nSPS) is 12.8. The van der Waals surface area contributed by atoms with Crippen molar-refractivity contribution in [3.05, 3.63) is 83.9 Å². The fraction of sp³-hybridized carbons (Fsp3) is 0.238. The molecule has 5 heteroatoms. The highest BCUT2D eigenvalue weighted by atomic mass is 16.5. The molecule has 0 radical (unpaired) electrons. The number of carbonyl (C=O) groups excluding carboxylic acids is 2. The molecule has 0 saturated carbocycles. The minimum Gasteiger partial charge on any atom is -0.459 e. The molecule has 0 aromatic heterocycles. The van der Waals surface area contributed by atoms with Gasteiger partial charge >= 0.3 is 5.97 Å². The molecule has 0 unspecified atom stereocenters. The average molecular weight is 352 g/mol. The maximum atomic E-state index is 12.8. The third-order valence-electron chi connectivity index (χ3n) is 3.99. The number of nitrogens with one attached hydrogen (secondary N) is 1. The van der Waals surface area contributed by atoms with Crippen LogP contribution in [0.4, 0.5) is 0 Å². The van der Waals surface area contributed by atoms with Gasteiger partial charge in [-0.2, -0.15) is 0 Å². The topological polar surface area (TPSA) is 81.4 Å². The van der Waals surface area contributed by atoms with E-state index >= 15 is 0 Å². The summed E-state index contributed by atoms with van der Waals surface area (Å²) in [6.45, 7) is 5.94. The van der Waals surface area contributed by atoms with Crippen molar-refractivity contribution in [3.63, 3.8) is 0 Å². The smallest absolute Gasteiger partial charge is 0.336 e. The van der Waals surface area contributed by atoms with Crippen LogP contribution >= 0.6 is 0 Å². The zero-order valence-electron chi connectivity index (χ0n) is 14.9. The molecule has 2 aromatic carbocycles. The quantitative estimate of drug-likeness (QED) is 0.413. The summed E-state index contributed by atoms with van der Waals surface area (Å²) in [7, 11) is 0. The molecule has 26 heavy (non-hydrogen) atoms. The highest BCUT2D eigenvalue weighted by Gasteiger charge is 2.45. The lowest BCUT2D eigenvalue weighted by Gasteiger charge is -2.30. The lowest BCUT2D eigenvalue weighted by Crippen LogP contribution is -2.61. The number of rotatable bonds is 9. The Labute approximate surface area is 153 Å². The first-order chi connectivity index (χ1) is 12.4. The van der Waals surface area contributed by atoms with Gasteiger partial charge in [-0.15, -0.1) is 6.58 Å². The van der Waals surface area contributed by atoms with Gasteiger partial charge in [-0.25, -0.2) is 4.79 Å².